The number of fused-ring (bicyclic) bond motifs is 1. The van der Waals surface area contributed by atoms with Crippen molar-refractivity contribution in [2.24, 2.45) is 0 Å². The summed E-state index contributed by atoms with van der Waals surface area (Å²) >= 11 is 11.9. The van der Waals surface area contributed by atoms with Gasteiger partial charge < -0.3 is 10.1 Å². The average molecular weight is 362 g/mol. The minimum absolute atomic E-state index is 0.183. The van der Waals surface area contributed by atoms with E-state index >= 15 is 0 Å². The zero-order valence-corrected chi connectivity index (χ0v) is 14.7. The molecule has 2 aromatic rings. The first kappa shape index (κ1) is 16.9. The van der Waals surface area contributed by atoms with Gasteiger partial charge in [0.2, 0.25) is 0 Å². The Labute approximate surface area is 151 Å². The minimum atomic E-state index is -0.645. The highest BCUT2D eigenvalue weighted by atomic mass is 35.5. The van der Waals surface area contributed by atoms with Crippen LogP contribution in [0.4, 0.5) is 0 Å². The van der Waals surface area contributed by atoms with Crippen LogP contribution in [0.3, 0.4) is 0 Å². The van der Waals surface area contributed by atoms with Crippen molar-refractivity contribution in [3.8, 4) is 5.75 Å². The fourth-order valence-corrected chi connectivity index (χ4v) is 3.08. The zero-order chi connectivity index (χ0) is 17.1. The molecule has 0 bridgehead atoms. The number of hydrogen-bond donors (Lipinski definition) is 1. The second-order valence-corrected chi connectivity index (χ2v) is 6.57. The van der Waals surface area contributed by atoms with Crippen molar-refractivity contribution in [1.82, 2.24) is 5.32 Å². The molecule has 0 fully saturated rings. The molecule has 1 unspecified atom stereocenters. The van der Waals surface area contributed by atoms with E-state index in [0.717, 1.165) is 6.42 Å². The van der Waals surface area contributed by atoms with Gasteiger partial charge in [-0.25, -0.2) is 0 Å². The van der Waals surface area contributed by atoms with Crippen LogP contribution in [0.5, 0.6) is 5.75 Å². The summed E-state index contributed by atoms with van der Waals surface area (Å²) in [5, 5.41) is 3.82. The van der Waals surface area contributed by atoms with Crippen molar-refractivity contribution in [2.45, 2.75) is 19.4 Å². The van der Waals surface area contributed by atoms with E-state index in [1.54, 1.807) is 25.1 Å². The predicted molar refractivity (Wildman–Crippen MR) is 97.7 cm³/mol. The van der Waals surface area contributed by atoms with Gasteiger partial charge in [0.1, 0.15) is 5.75 Å². The molecule has 1 N–H and O–H groups in total. The quantitative estimate of drug-likeness (QED) is 0.850. The Morgan fingerprint density at radius 2 is 2.04 bits per heavy atom. The summed E-state index contributed by atoms with van der Waals surface area (Å²) in [7, 11) is 0. The van der Waals surface area contributed by atoms with E-state index in [1.165, 1.54) is 16.7 Å². The van der Waals surface area contributed by atoms with Crippen molar-refractivity contribution >= 4 is 35.2 Å². The molecular weight excluding hydrogens is 345 g/mol. The summed E-state index contributed by atoms with van der Waals surface area (Å²) in [6, 6.07) is 13.2. The Hall–Kier alpha value is -1.97. The van der Waals surface area contributed by atoms with Crippen molar-refractivity contribution in [1.29, 1.82) is 0 Å². The molecule has 3 rings (SSSR count). The van der Waals surface area contributed by atoms with Crippen molar-refractivity contribution in [3.63, 3.8) is 0 Å². The lowest BCUT2D eigenvalue weighted by molar-refractivity contribution is -0.127. The first-order chi connectivity index (χ1) is 11.5. The van der Waals surface area contributed by atoms with Gasteiger partial charge in [0.25, 0.3) is 5.91 Å². The van der Waals surface area contributed by atoms with Gasteiger partial charge in [-0.05, 0) is 48.2 Å². The SMILES string of the molecule is CC(Oc1ccc(Cl)cc1Cl)C(=O)NCC1=Cc2ccccc2C1. The van der Waals surface area contributed by atoms with Crippen LogP contribution < -0.4 is 10.1 Å². The van der Waals surface area contributed by atoms with Crippen molar-refractivity contribution in [2.75, 3.05) is 6.54 Å². The van der Waals surface area contributed by atoms with Crippen LogP contribution in [0, 0.1) is 0 Å². The Morgan fingerprint density at radius 1 is 1.25 bits per heavy atom. The first-order valence-electron chi connectivity index (χ1n) is 7.69. The maximum absolute atomic E-state index is 12.2. The summed E-state index contributed by atoms with van der Waals surface area (Å²) in [6.45, 7) is 2.20. The molecule has 0 aromatic heterocycles. The van der Waals surface area contributed by atoms with Gasteiger partial charge in [0, 0.05) is 11.6 Å². The largest absolute Gasteiger partial charge is 0.479 e. The molecule has 0 spiro atoms. The highest BCUT2D eigenvalue weighted by molar-refractivity contribution is 6.35. The highest BCUT2D eigenvalue weighted by Crippen LogP contribution is 2.28. The van der Waals surface area contributed by atoms with E-state index in [4.69, 9.17) is 27.9 Å². The smallest absolute Gasteiger partial charge is 0.261 e. The summed E-state index contributed by atoms with van der Waals surface area (Å²) in [4.78, 5) is 12.2. The molecule has 3 nitrogen and oxygen atoms in total. The van der Waals surface area contributed by atoms with Crippen LogP contribution >= 0.6 is 23.2 Å². The van der Waals surface area contributed by atoms with Crippen LogP contribution in [0.15, 0.2) is 48.0 Å². The lowest BCUT2D eigenvalue weighted by Gasteiger charge is -2.16. The summed E-state index contributed by atoms with van der Waals surface area (Å²) < 4.78 is 5.62. The van der Waals surface area contributed by atoms with Gasteiger partial charge >= 0.3 is 0 Å². The molecule has 1 aliphatic rings. The summed E-state index contributed by atoms with van der Waals surface area (Å²) in [5.41, 5.74) is 3.69. The third-order valence-corrected chi connectivity index (χ3v) is 4.42. The van der Waals surface area contributed by atoms with E-state index in [-0.39, 0.29) is 5.91 Å². The number of nitrogens with one attached hydrogen (secondary N) is 1. The van der Waals surface area contributed by atoms with Gasteiger partial charge in [-0.15, -0.1) is 0 Å². The molecule has 1 aliphatic carbocycles. The Bertz CT molecular complexity index is 802. The van der Waals surface area contributed by atoms with Gasteiger partial charge in [-0.3, -0.25) is 4.79 Å². The number of rotatable bonds is 5. The fourth-order valence-electron chi connectivity index (χ4n) is 2.62. The predicted octanol–water partition coefficient (Wildman–Crippen LogP) is 4.52. The Balaban J connectivity index is 1.54. The van der Waals surface area contributed by atoms with Crippen LogP contribution in [-0.4, -0.2) is 18.6 Å². The van der Waals surface area contributed by atoms with Gasteiger partial charge in [0.05, 0.1) is 5.02 Å². The first-order valence-corrected chi connectivity index (χ1v) is 8.45. The van der Waals surface area contributed by atoms with E-state index in [2.05, 4.69) is 23.5 Å². The number of carbonyl (C=O) groups is 1. The number of ether oxygens (including phenoxy) is 1. The molecule has 124 valence electrons. The van der Waals surface area contributed by atoms with Crippen LogP contribution in [0.2, 0.25) is 10.0 Å². The summed E-state index contributed by atoms with van der Waals surface area (Å²) in [6.07, 6.45) is 2.35. The molecule has 0 heterocycles. The standard InChI is InChI=1S/C19H17Cl2NO2/c1-12(24-18-7-6-16(20)10-17(18)21)19(23)22-11-13-8-14-4-2-3-5-15(14)9-13/h2-8,10,12H,9,11H2,1H3,(H,22,23). The number of hydrogen-bond acceptors (Lipinski definition) is 2. The molecule has 0 radical (unpaired) electrons. The van der Waals surface area contributed by atoms with E-state index in [0.29, 0.717) is 22.3 Å². The van der Waals surface area contributed by atoms with E-state index in [9.17, 15) is 4.79 Å². The van der Waals surface area contributed by atoms with Gasteiger partial charge in [-0.2, -0.15) is 0 Å². The molecule has 1 amide bonds. The molecule has 5 heteroatoms. The number of halogens is 2. The van der Waals surface area contributed by atoms with Gasteiger partial charge in [0.15, 0.2) is 6.10 Å². The van der Waals surface area contributed by atoms with Crippen molar-refractivity contribution < 1.29 is 9.53 Å². The molecule has 0 aliphatic heterocycles. The molecule has 2 aromatic carbocycles. The van der Waals surface area contributed by atoms with Crippen molar-refractivity contribution in [3.05, 3.63) is 69.2 Å². The second-order valence-electron chi connectivity index (χ2n) is 5.73. The van der Waals surface area contributed by atoms with E-state index in [1.807, 2.05) is 12.1 Å². The summed E-state index contributed by atoms with van der Waals surface area (Å²) in [5.74, 6) is 0.258. The third-order valence-electron chi connectivity index (χ3n) is 3.89. The van der Waals surface area contributed by atoms with Crippen LogP contribution in [0.1, 0.15) is 18.1 Å². The molecule has 0 saturated carbocycles. The highest BCUT2D eigenvalue weighted by Gasteiger charge is 2.18. The average Bonchev–Trinajstić information content (AvgIpc) is 2.98. The van der Waals surface area contributed by atoms with Crippen LogP contribution in [0.25, 0.3) is 6.08 Å². The number of amides is 1. The lowest BCUT2D eigenvalue weighted by Crippen LogP contribution is -2.37. The normalized spacial score (nSPS) is 13.9. The maximum Gasteiger partial charge on any atom is 0.261 e. The van der Waals surface area contributed by atoms with Gasteiger partial charge in [-0.1, -0.05) is 53.5 Å². The molecule has 1 atom stereocenters. The zero-order valence-electron chi connectivity index (χ0n) is 13.2. The molecular formula is C19H17Cl2NO2. The number of benzene rings is 2. The Morgan fingerprint density at radius 3 is 2.79 bits per heavy atom. The number of carbonyl (C=O) groups excluding carboxylic acids is 1. The molecule has 24 heavy (non-hydrogen) atoms. The molecule has 0 saturated heterocycles. The monoisotopic (exact) mass is 361 g/mol. The fraction of sp³-hybridized carbons (Fsp3) is 0.211. The van der Waals surface area contributed by atoms with Crippen LogP contribution in [-0.2, 0) is 11.2 Å². The third kappa shape index (κ3) is 3.92. The minimum Gasteiger partial charge on any atom is -0.479 e. The Kier molecular flexibility index (Phi) is 5.12. The second kappa shape index (κ2) is 7.29. The maximum atomic E-state index is 12.2. The van der Waals surface area contributed by atoms with E-state index < -0.39 is 6.10 Å². The topological polar surface area (TPSA) is 38.3 Å². The lowest BCUT2D eigenvalue weighted by atomic mass is 10.1.